The van der Waals surface area contributed by atoms with E-state index < -0.39 is 9.84 Å². The number of sulfone groups is 1. The van der Waals surface area contributed by atoms with Gasteiger partial charge in [0.2, 0.25) is 0 Å². The van der Waals surface area contributed by atoms with Crippen LogP contribution in [-0.2, 0) is 9.84 Å². The highest BCUT2D eigenvalue weighted by molar-refractivity contribution is 7.92. The van der Waals surface area contributed by atoms with Crippen LogP contribution in [0.25, 0.3) is 0 Å². The first-order chi connectivity index (χ1) is 6.62. The van der Waals surface area contributed by atoms with Crippen molar-refractivity contribution in [2.45, 2.75) is 49.5 Å². The zero-order chi connectivity index (χ0) is 10.6. The van der Waals surface area contributed by atoms with Crippen molar-refractivity contribution in [2.24, 2.45) is 0 Å². The van der Waals surface area contributed by atoms with Crippen LogP contribution in [0.5, 0.6) is 0 Å². The summed E-state index contributed by atoms with van der Waals surface area (Å²) in [4.78, 5) is 0. The molecular formula is C10H21NO2S. The predicted molar refractivity (Wildman–Crippen MR) is 59.2 cm³/mol. The summed E-state index contributed by atoms with van der Waals surface area (Å²) in [5.41, 5.74) is 0. The van der Waals surface area contributed by atoms with Crippen LogP contribution in [0, 0.1) is 0 Å². The molecule has 0 aromatic carbocycles. The second-order valence-electron chi connectivity index (χ2n) is 4.08. The molecule has 1 saturated carbocycles. The third-order valence-electron chi connectivity index (χ3n) is 3.12. The van der Waals surface area contributed by atoms with Crippen LogP contribution in [-0.4, -0.2) is 32.5 Å². The molecule has 1 atom stereocenters. The van der Waals surface area contributed by atoms with Crippen LogP contribution in [0.2, 0.25) is 0 Å². The molecule has 1 aliphatic carbocycles. The lowest BCUT2D eigenvalue weighted by molar-refractivity contribution is 0.552. The van der Waals surface area contributed by atoms with E-state index in [1.807, 2.05) is 14.0 Å². The first-order valence-electron chi connectivity index (χ1n) is 5.50. The van der Waals surface area contributed by atoms with Gasteiger partial charge in [0.15, 0.2) is 9.84 Å². The van der Waals surface area contributed by atoms with E-state index in [4.69, 9.17) is 0 Å². The summed E-state index contributed by atoms with van der Waals surface area (Å²) in [5, 5.41) is 2.73. The quantitative estimate of drug-likeness (QED) is 0.759. The van der Waals surface area contributed by atoms with E-state index in [0.29, 0.717) is 6.54 Å². The molecule has 0 amide bonds. The van der Waals surface area contributed by atoms with E-state index in [9.17, 15) is 8.42 Å². The van der Waals surface area contributed by atoms with Crippen molar-refractivity contribution in [3.05, 3.63) is 0 Å². The Kier molecular flexibility index (Phi) is 4.38. The molecule has 0 spiro atoms. The minimum Gasteiger partial charge on any atom is -0.318 e. The minimum absolute atomic E-state index is 0.0548. The maximum atomic E-state index is 12.1. The highest BCUT2D eigenvalue weighted by atomic mass is 32.2. The Hall–Kier alpha value is -0.0900. The molecule has 0 radical (unpaired) electrons. The fraction of sp³-hybridized carbons (Fsp3) is 1.00. The third-order valence-corrected chi connectivity index (χ3v) is 5.95. The fourth-order valence-corrected chi connectivity index (χ4v) is 4.61. The number of rotatable bonds is 5. The maximum absolute atomic E-state index is 12.1. The van der Waals surface area contributed by atoms with Crippen LogP contribution < -0.4 is 5.32 Å². The zero-order valence-corrected chi connectivity index (χ0v) is 9.94. The number of hydrogen-bond donors (Lipinski definition) is 1. The van der Waals surface area contributed by atoms with Crippen molar-refractivity contribution in [1.82, 2.24) is 5.32 Å². The van der Waals surface area contributed by atoms with E-state index in [-0.39, 0.29) is 10.5 Å². The van der Waals surface area contributed by atoms with E-state index >= 15 is 0 Å². The first kappa shape index (κ1) is 12.0. The van der Waals surface area contributed by atoms with Gasteiger partial charge in [0.1, 0.15) is 0 Å². The normalized spacial score (nSPS) is 21.3. The molecule has 4 heteroatoms. The summed E-state index contributed by atoms with van der Waals surface area (Å²) in [6.07, 6.45) is 4.64. The second-order valence-corrected chi connectivity index (χ2v) is 6.59. The van der Waals surface area contributed by atoms with Gasteiger partial charge in [-0.1, -0.05) is 19.8 Å². The molecule has 14 heavy (non-hydrogen) atoms. The van der Waals surface area contributed by atoms with E-state index in [1.165, 1.54) is 0 Å². The van der Waals surface area contributed by atoms with Gasteiger partial charge >= 0.3 is 0 Å². The average Bonchev–Trinajstić information content (AvgIpc) is 2.66. The molecule has 3 nitrogen and oxygen atoms in total. The lowest BCUT2D eigenvalue weighted by Crippen LogP contribution is -2.36. The Morgan fingerprint density at radius 1 is 1.36 bits per heavy atom. The lowest BCUT2D eigenvalue weighted by Gasteiger charge is -2.19. The van der Waals surface area contributed by atoms with Gasteiger partial charge in [0, 0.05) is 6.54 Å². The SMILES string of the molecule is CCC(CNC)S(=O)(=O)C1CCCC1. The lowest BCUT2D eigenvalue weighted by atomic mass is 10.3. The second kappa shape index (κ2) is 5.12. The zero-order valence-electron chi connectivity index (χ0n) is 9.12. The minimum atomic E-state index is -2.88. The van der Waals surface area contributed by atoms with Crippen molar-refractivity contribution in [3.63, 3.8) is 0 Å². The molecule has 0 aromatic rings. The molecule has 1 aliphatic rings. The van der Waals surface area contributed by atoms with Gasteiger partial charge in [-0.2, -0.15) is 0 Å². The van der Waals surface area contributed by atoms with Gasteiger partial charge in [0.05, 0.1) is 10.5 Å². The molecule has 1 N–H and O–H groups in total. The predicted octanol–water partition coefficient (Wildman–Crippen LogP) is 1.34. The molecule has 0 saturated heterocycles. The van der Waals surface area contributed by atoms with Crippen molar-refractivity contribution < 1.29 is 8.42 Å². The summed E-state index contributed by atoms with van der Waals surface area (Å²) in [7, 11) is -1.06. The topological polar surface area (TPSA) is 46.2 Å². The maximum Gasteiger partial charge on any atom is 0.157 e. The van der Waals surface area contributed by atoms with Gasteiger partial charge < -0.3 is 5.32 Å². The molecule has 1 rings (SSSR count). The molecule has 0 heterocycles. The Bertz CT molecular complexity index is 255. The van der Waals surface area contributed by atoms with Crippen LogP contribution in [0.4, 0.5) is 0 Å². The molecular weight excluding hydrogens is 198 g/mol. The van der Waals surface area contributed by atoms with E-state index in [2.05, 4.69) is 5.32 Å². The summed E-state index contributed by atoms with van der Waals surface area (Å²) in [6, 6.07) is 0. The third kappa shape index (κ3) is 2.48. The largest absolute Gasteiger partial charge is 0.318 e. The first-order valence-corrected chi connectivity index (χ1v) is 7.11. The van der Waals surface area contributed by atoms with Crippen molar-refractivity contribution in [3.8, 4) is 0 Å². The monoisotopic (exact) mass is 219 g/mol. The summed E-state index contributed by atoms with van der Waals surface area (Å²) < 4.78 is 24.2. The highest BCUT2D eigenvalue weighted by Gasteiger charge is 2.34. The number of hydrogen-bond acceptors (Lipinski definition) is 3. The molecule has 84 valence electrons. The van der Waals surface area contributed by atoms with Gasteiger partial charge in [-0.25, -0.2) is 8.42 Å². The Morgan fingerprint density at radius 3 is 2.36 bits per heavy atom. The Balaban J connectivity index is 2.70. The molecule has 0 aromatic heterocycles. The Labute approximate surface area is 87.2 Å². The van der Waals surface area contributed by atoms with Crippen LogP contribution >= 0.6 is 0 Å². The molecule has 1 fully saturated rings. The standard InChI is InChI=1S/C10H21NO2S/c1-3-9(8-11-2)14(12,13)10-6-4-5-7-10/h9-11H,3-8H2,1-2H3. The van der Waals surface area contributed by atoms with Crippen LogP contribution in [0.15, 0.2) is 0 Å². The van der Waals surface area contributed by atoms with Crippen molar-refractivity contribution >= 4 is 9.84 Å². The van der Waals surface area contributed by atoms with Gasteiger partial charge in [-0.05, 0) is 26.3 Å². The highest BCUT2D eigenvalue weighted by Crippen LogP contribution is 2.28. The molecule has 0 bridgehead atoms. The molecule has 0 aliphatic heterocycles. The smallest absolute Gasteiger partial charge is 0.157 e. The van der Waals surface area contributed by atoms with Gasteiger partial charge in [-0.3, -0.25) is 0 Å². The summed E-state index contributed by atoms with van der Waals surface area (Å²) >= 11 is 0. The Morgan fingerprint density at radius 2 is 1.93 bits per heavy atom. The van der Waals surface area contributed by atoms with Gasteiger partial charge in [-0.15, -0.1) is 0 Å². The summed E-state index contributed by atoms with van der Waals surface area (Å²) in [5.74, 6) is 0. The van der Waals surface area contributed by atoms with Crippen LogP contribution in [0.3, 0.4) is 0 Å². The van der Waals surface area contributed by atoms with E-state index in [0.717, 1.165) is 32.1 Å². The molecule has 1 unspecified atom stereocenters. The van der Waals surface area contributed by atoms with E-state index in [1.54, 1.807) is 0 Å². The average molecular weight is 219 g/mol. The van der Waals surface area contributed by atoms with Crippen LogP contribution in [0.1, 0.15) is 39.0 Å². The fourth-order valence-electron chi connectivity index (χ4n) is 2.21. The summed E-state index contributed by atoms with van der Waals surface area (Å²) in [6.45, 7) is 2.55. The number of nitrogens with one attached hydrogen (secondary N) is 1. The van der Waals surface area contributed by atoms with Gasteiger partial charge in [0.25, 0.3) is 0 Å². The van der Waals surface area contributed by atoms with Crippen molar-refractivity contribution in [1.29, 1.82) is 0 Å². The van der Waals surface area contributed by atoms with Crippen molar-refractivity contribution in [2.75, 3.05) is 13.6 Å².